The molecule has 0 aromatic heterocycles. The van der Waals surface area contributed by atoms with Crippen LogP contribution in [0.3, 0.4) is 0 Å². The Labute approximate surface area is 105 Å². The molecule has 0 aliphatic heterocycles. The second kappa shape index (κ2) is 7.87. The van der Waals surface area contributed by atoms with Crippen molar-refractivity contribution >= 4 is 22.6 Å². The lowest BCUT2D eigenvalue weighted by atomic mass is 10.2. The van der Waals surface area contributed by atoms with E-state index < -0.39 is 10.8 Å². The highest BCUT2D eigenvalue weighted by Gasteiger charge is 1.97. The van der Waals surface area contributed by atoms with Crippen LogP contribution in [-0.2, 0) is 17.3 Å². The van der Waals surface area contributed by atoms with Gasteiger partial charge in [-0.15, -0.1) is 0 Å². The maximum absolute atomic E-state index is 11.2. The van der Waals surface area contributed by atoms with Crippen molar-refractivity contribution in [2.75, 3.05) is 24.8 Å². The molecule has 0 aliphatic rings. The summed E-state index contributed by atoms with van der Waals surface area (Å²) in [5, 5.41) is 3.40. The number of rotatable bonds is 7. The normalized spacial score (nSPS) is 12.6. The number of hydrogen-bond donors (Lipinski definition) is 1. The number of hydrogen-bond acceptors (Lipinski definition) is 3. The van der Waals surface area contributed by atoms with Crippen molar-refractivity contribution < 1.29 is 4.21 Å². The van der Waals surface area contributed by atoms with Gasteiger partial charge in [-0.2, -0.15) is 11.8 Å². The molecule has 1 aromatic carbocycles. The Morgan fingerprint density at radius 1 is 1.31 bits per heavy atom. The SMILES string of the molecule is CSCCCNCc1ccc(S(C)=O)cc1. The van der Waals surface area contributed by atoms with E-state index in [4.69, 9.17) is 0 Å². The Morgan fingerprint density at radius 3 is 2.56 bits per heavy atom. The molecule has 0 heterocycles. The molecule has 0 bridgehead atoms. The van der Waals surface area contributed by atoms with Gasteiger partial charge in [0.05, 0.1) is 0 Å². The molecule has 0 fully saturated rings. The summed E-state index contributed by atoms with van der Waals surface area (Å²) in [6, 6.07) is 7.96. The van der Waals surface area contributed by atoms with Gasteiger partial charge in [0.25, 0.3) is 0 Å². The van der Waals surface area contributed by atoms with Crippen LogP contribution in [0.15, 0.2) is 29.2 Å². The fourth-order valence-corrected chi connectivity index (χ4v) is 2.33. The van der Waals surface area contributed by atoms with E-state index in [1.807, 2.05) is 36.0 Å². The highest BCUT2D eigenvalue weighted by atomic mass is 32.2. The largest absolute Gasteiger partial charge is 0.313 e. The summed E-state index contributed by atoms with van der Waals surface area (Å²) in [6.07, 6.45) is 5.04. The molecule has 1 aromatic rings. The molecule has 90 valence electrons. The maximum atomic E-state index is 11.2. The van der Waals surface area contributed by atoms with Gasteiger partial charge < -0.3 is 5.32 Å². The summed E-state index contributed by atoms with van der Waals surface area (Å²) >= 11 is 1.88. The molecule has 0 saturated carbocycles. The van der Waals surface area contributed by atoms with Crippen LogP contribution in [0.2, 0.25) is 0 Å². The van der Waals surface area contributed by atoms with Crippen LogP contribution in [0, 0.1) is 0 Å². The zero-order chi connectivity index (χ0) is 11.8. The predicted octanol–water partition coefficient (Wildman–Crippen LogP) is 2.27. The van der Waals surface area contributed by atoms with Gasteiger partial charge in [0.1, 0.15) is 0 Å². The summed E-state index contributed by atoms with van der Waals surface area (Å²) in [5.41, 5.74) is 1.25. The van der Waals surface area contributed by atoms with Crippen LogP contribution in [0.4, 0.5) is 0 Å². The van der Waals surface area contributed by atoms with Crippen molar-refractivity contribution in [3.63, 3.8) is 0 Å². The van der Waals surface area contributed by atoms with Crippen LogP contribution in [0.1, 0.15) is 12.0 Å². The highest BCUT2D eigenvalue weighted by Crippen LogP contribution is 2.07. The van der Waals surface area contributed by atoms with Gasteiger partial charge in [-0.1, -0.05) is 12.1 Å². The summed E-state index contributed by atoms with van der Waals surface area (Å²) in [4.78, 5) is 0.895. The summed E-state index contributed by atoms with van der Waals surface area (Å²) in [5.74, 6) is 1.21. The first-order valence-corrected chi connectivity index (χ1v) is 8.31. The van der Waals surface area contributed by atoms with Crippen molar-refractivity contribution in [3.8, 4) is 0 Å². The van der Waals surface area contributed by atoms with Crippen LogP contribution < -0.4 is 5.32 Å². The molecule has 16 heavy (non-hydrogen) atoms. The minimum atomic E-state index is -0.870. The van der Waals surface area contributed by atoms with Gasteiger partial charge in [-0.3, -0.25) is 4.21 Å². The number of benzene rings is 1. The Balaban J connectivity index is 2.29. The van der Waals surface area contributed by atoms with E-state index in [0.29, 0.717) is 0 Å². The number of nitrogens with one attached hydrogen (secondary N) is 1. The van der Waals surface area contributed by atoms with Gasteiger partial charge in [-0.05, 0) is 42.7 Å². The lowest BCUT2D eigenvalue weighted by Gasteiger charge is -2.05. The minimum Gasteiger partial charge on any atom is -0.313 e. The van der Waals surface area contributed by atoms with E-state index in [0.717, 1.165) is 18.0 Å². The van der Waals surface area contributed by atoms with Gasteiger partial charge in [0.2, 0.25) is 0 Å². The first-order chi connectivity index (χ1) is 7.74. The van der Waals surface area contributed by atoms with E-state index in [2.05, 4.69) is 11.6 Å². The standard InChI is InChI=1S/C12H19NOS2/c1-15-9-3-8-13-10-11-4-6-12(7-5-11)16(2)14/h4-7,13H,3,8-10H2,1-2H3. The lowest BCUT2D eigenvalue weighted by molar-refractivity contribution is 0.678. The Morgan fingerprint density at radius 2 is 2.00 bits per heavy atom. The first kappa shape index (κ1) is 13.7. The smallest absolute Gasteiger partial charge is 0.0498 e. The molecule has 1 N–H and O–H groups in total. The molecular formula is C12H19NOS2. The third-order valence-electron chi connectivity index (χ3n) is 2.29. The summed E-state index contributed by atoms with van der Waals surface area (Å²) < 4.78 is 11.2. The van der Waals surface area contributed by atoms with E-state index in [1.54, 1.807) is 6.26 Å². The third kappa shape index (κ3) is 5.14. The van der Waals surface area contributed by atoms with Crippen molar-refractivity contribution in [3.05, 3.63) is 29.8 Å². The van der Waals surface area contributed by atoms with E-state index in [1.165, 1.54) is 17.7 Å². The van der Waals surface area contributed by atoms with Crippen LogP contribution in [0.25, 0.3) is 0 Å². The van der Waals surface area contributed by atoms with Gasteiger partial charge in [-0.25, -0.2) is 0 Å². The van der Waals surface area contributed by atoms with Crippen molar-refractivity contribution in [1.82, 2.24) is 5.32 Å². The Bertz CT molecular complexity index is 324. The average Bonchev–Trinajstić information content (AvgIpc) is 2.29. The first-order valence-electron chi connectivity index (χ1n) is 5.36. The molecule has 0 saturated heterocycles. The van der Waals surface area contributed by atoms with Gasteiger partial charge in [0, 0.05) is 28.5 Å². The van der Waals surface area contributed by atoms with Crippen molar-refractivity contribution in [2.24, 2.45) is 0 Å². The van der Waals surface area contributed by atoms with E-state index >= 15 is 0 Å². The van der Waals surface area contributed by atoms with Crippen molar-refractivity contribution in [2.45, 2.75) is 17.9 Å². The highest BCUT2D eigenvalue weighted by molar-refractivity contribution is 7.98. The molecule has 1 unspecified atom stereocenters. The zero-order valence-corrected chi connectivity index (χ0v) is 11.5. The van der Waals surface area contributed by atoms with Crippen LogP contribution >= 0.6 is 11.8 Å². The Kier molecular flexibility index (Phi) is 6.76. The molecular weight excluding hydrogens is 238 g/mol. The fourth-order valence-electron chi connectivity index (χ4n) is 1.37. The van der Waals surface area contributed by atoms with Gasteiger partial charge >= 0.3 is 0 Å². The zero-order valence-electron chi connectivity index (χ0n) is 9.86. The Hall–Kier alpha value is -0.320. The van der Waals surface area contributed by atoms with Crippen molar-refractivity contribution in [1.29, 1.82) is 0 Å². The third-order valence-corrected chi connectivity index (χ3v) is 3.92. The molecule has 2 nitrogen and oxygen atoms in total. The quantitative estimate of drug-likeness (QED) is 0.760. The molecule has 0 aliphatic carbocycles. The second-order valence-corrected chi connectivity index (χ2v) is 5.99. The maximum Gasteiger partial charge on any atom is 0.0498 e. The molecule has 0 radical (unpaired) electrons. The topological polar surface area (TPSA) is 29.1 Å². The van der Waals surface area contributed by atoms with E-state index in [9.17, 15) is 4.21 Å². The lowest BCUT2D eigenvalue weighted by Crippen LogP contribution is -2.15. The molecule has 0 amide bonds. The fraction of sp³-hybridized carbons (Fsp3) is 0.500. The second-order valence-electron chi connectivity index (χ2n) is 3.62. The molecule has 1 atom stereocenters. The monoisotopic (exact) mass is 257 g/mol. The number of thioether (sulfide) groups is 1. The molecule has 1 rings (SSSR count). The summed E-state index contributed by atoms with van der Waals surface area (Å²) in [7, 11) is -0.870. The molecule has 4 heteroatoms. The minimum absolute atomic E-state index is 0.870. The van der Waals surface area contributed by atoms with E-state index in [-0.39, 0.29) is 0 Å². The molecule has 0 spiro atoms. The predicted molar refractivity (Wildman–Crippen MR) is 73.5 cm³/mol. The van der Waals surface area contributed by atoms with Crippen LogP contribution in [0.5, 0.6) is 0 Å². The summed E-state index contributed by atoms with van der Waals surface area (Å²) in [6.45, 7) is 1.95. The van der Waals surface area contributed by atoms with Gasteiger partial charge in [0.15, 0.2) is 0 Å². The van der Waals surface area contributed by atoms with Crippen LogP contribution in [-0.4, -0.2) is 29.0 Å². The average molecular weight is 257 g/mol.